The molecule has 0 atom stereocenters. The van der Waals surface area contributed by atoms with Crippen molar-refractivity contribution in [1.29, 1.82) is 0 Å². The van der Waals surface area contributed by atoms with Crippen molar-refractivity contribution in [3.8, 4) is 11.1 Å². The molecular formula is C21H29N5O3. The van der Waals surface area contributed by atoms with E-state index in [1.807, 2.05) is 18.5 Å². The van der Waals surface area contributed by atoms with E-state index in [2.05, 4.69) is 30.9 Å². The Hall–Kier alpha value is -2.45. The van der Waals surface area contributed by atoms with Crippen molar-refractivity contribution in [1.82, 2.24) is 19.9 Å². The molecule has 1 saturated carbocycles. The van der Waals surface area contributed by atoms with Crippen LogP contribution in [0.4, 0.5) is 5.95 Å². The Morgan fingerprint density at radius 1 is 1.24 bits per heavy atom. The lowest BCUT2D eigenvalue weighted by Crippen LogP contribution is -2.37. The molecule has 2 fully saturated rings. The van der Waals surface area contributed by atoms with Crippen LogP contribution in [0.1, 0.15) is 29.8 Å². The number of aromatic nitrogens is 3. The van der Waals surface area contributed by atoms with Gasteiger partial charge in [0, 0.05) is 69.6 Å². The molecular weight excluding hydrogens is 370 g/mol. The smallest absolute Gasteiger partial charge is 0.267 e. The molecule has 1 aliphatic carbocycles. The second-order valence-electron chi connectivity index (χ2n) is 7.68. The monoisotopic (exact) mass is 399 g/mol. The highest BCUT2D eigenvalue weighted by atomic mass is 16.5. The molecule has 0 aromatic carbocycles. The van der Waals surface area contributed by atoms with E-state index in [-0.39, 0.29) is 5.91 Å². The third-order valence-electron chi connectivity index (χ3n) is 5.36. The molecule has 0 unspecified atom stereocenters. The number of methoxy groups -OCH3 is 1. The Morgan fingerprint density at radius 2 is 2.00 bits per heavy atom. The summed E-state index contributed by atoms with van der Waals surface area (Å²) in [6.45, 7) is 5.16. The average molecular weight is 399 g/mol. The lowest BCUT2D eigenvalue weighted by atomic mass is 10.2. The van der Waals surface area contributed by atoms with Crippen molar-refractivity contribution in [3.63, 3.8) is 0 Å². The van der Waals surface area contributed by atoms with E-state index in [0.717, 1.165) is 43.1 Å². The first-order valence-electron chi connectivity index (χ1n) is 10.4. The van der Waals surface area contributed by atoms with Crippen LogP contribution in [0, 0.1) is 5.92 Å². The molecule has 8 nitrogen and oxygen atoms in total. The van der Waals surface area contributed by atoms with Crippen LogP contribution in [0.15, 0.2) is 24.7 Å². The summed E-state index contributed by atoms with van der Waals surface area (Å²) in [6.07, 6.45) is 9.01. The van der Waals surface area contributed by atoms with Gasteiger partial charge in [-0.1, -0.05) is 0 Å². The van der Waals surface area contributed by atoms with Crippen molar-refractivity contribution < 1.29 is 14.3 Å². The van der Waals surface area contributed by atoms with Crippen LogP contribution in [0.5, 0.6) is 0 Å². The van der Waals surface area contributed by atoms with Gasteiger partial charge in [-0.15, -0.1) is 0 Å². The van der Waals surface area contributed by atoms with Crippen LogP contribution in [0.3, 0.4) is 0 Å². The molecule has 2 aromatic heterocycles. The van der Waals surface area contributed by atoms with E-state index in [9.17, 15) is 4.79 Å². The van der Waals surface area contributed by atoms with Gasteiger partial charge in [-0.05, 0) is 31.2 Å². The second-order valence-corrected chi connectivity index (χ2v) is 7.68. The maximum atomic E-state index is 12.7. The van der Waals surface area contributed by atoms with E-state index in [0.29, 0.717) is 38.0 Å². The van der Waals surface area contributed by atoms with E-state index >= 15 is 0 Å². The first kappa shape index (κ1) is 19.8. The summed E-state index contributed by atoms with van der Waals surface area (Å²) in [5, 5.41) is 3.00. The molecule has 2 aromatic rings. The van der Waals surface area contributed by atoms with Crippen molar-refractivity contribution in [2.24, 2.45) is 5.92 Å². The van der Waals surface area contributed by atoms with E-state index in [1.54, 1.807) is 7.11 Å². The van der Waals surface area contributed by atoms with Crippen molar-refractivity contribution in [2.45, 2.75) is 25.8 Å². The van der Waals surface area contributed by atoms with Crippen LogP contribution < -0.4 is 10.2 Å². The molecule has 1 aliphatic heterocycles. The lowest BCUT2D eigenvalue weighted by molar-refractivity contribution is 0.0939. The number of hydrogen-bond donors (Lipinski definition) is 1. The number of hydrogen-bond acceptors (Lipinski definition) is 6. The molecule has 0 spiro atoms. The van der Waals surface area contributed by atoms with Gasteiger partial charge in [0.1, 0.15) is 5.69 Å². The second kappa shape index (κ2) is 9.37. The number of ether oxygens (including phenoxy) is 2. The van der Waals surface area contributed by atoms with Crippen LogP contribution in [-0.4, -0.2) is 67.0 Å². The maximum Gasteiger partial charge on any atom is 0.267 e. The van der Waals surface area contributed by atoms with Gasteiger partial charge in [0.05, 0.1) is 13.2 Å². The Bertz CT molecular complexity index is 810. The number of morpholine rings is 1. The van der Waals surface area contributed by atoms with E-state index in [1.165, 1.54) is 12.8 Å². The quantitative estimate of drug-likeness (QED) is 0.649. The van der Waals surface area contributed by atoms with Crippen LogP contribution in [0.2, 0.25) is 0 Å². The topological polar surface area (TPSA) is 81.5 Å². The van der Waals surface area contributed by atoms with Gasteiger partial charge >= 0.3 is 0 Å². The number of carbonyl (C=O) groups excluding carboxylic acids is 1. The Balaban J connectivity index is 1.49. The highest BCUT2D eigenvalue weighted by molar-refractivity contribution is 5.94. The number of rotatable bonds is 9. The molecule has 0 bridgehead atoms. The van der Waals surface area contributed by atoms with Crippen LogP contribution >= 0.6 is 0 Å². The molecule has 2 aliphatic rings. The van der Waals surface area contributed by atoms with Crippen LogP contribution in [-0.2, 0) is 16.0 Å². The summed E-state index contributed by atoms with van der Waals surface area (Å²) in [5.41, 5.74) is 2.59. The molecule has 1 N–H and O–H groups in total. The third-order valence-corrected chi connectivity index (χ3v) is 5.36. The average Bonchev–Trinajstić information content (AvgIpc) is 3.48. The molecule has 0 radical (unpaired) electrons. The third kappa shape index (κ3) is 5.13. The molecule has 1 amide bonds. The number of nitrogens with zero attached hydrogens (tertiary/aromatic N) is 4. The summed E-state index contributed by atoms with van der Waals surface area (Å²) in [6, 6.07) is 1.95. The Labute approximate surface area is 171 Å². The van der Waals surface area contributed by atoms with Gasteiger partial charge < -0.3 is 24.3 Å². The van der Waals surface area contributed by atoms with Gasteiger partial charge in [-0.3, -0.25) is 4.79 Å². The zero-order chi connectivity index (χ0) is 20.1. The molecule has 4 rings (SSSR count). The van der Waals surface area contributed by atoms with Crippen LogP contribution in [0.25, 0.3) is 11.1 Å². The Morgan fingerprint density at radius 3 is 2.69 bits per heavy atom. The lowest BCUT2D eigenvalue weighted by Gasteiger charge is -2.26. The molecule has 29 heavy (non-hydrogen) atoms. The Kier molecular flexibility index (Phi) is 6.41. The van der Waals surface area contributed by atoms with Gasteiger partial charge in [0.25, 0.3) is 5.91 Å². The summed E-state index contributed by atoms with van der Waals surface area (Å²) in [5.74, 6) is 1.36. The first-order valence-corrected chi connectivity index (χ1v) is 10.4. The minimum atomic E-state index is -0.0427. The largest absolute Gasteiger partial charge is 0.385 e. The summed E-state index contributed by atoms with van der Waals surface area (Å²) < 4.78 is 12.5. The molecule has 1 saturated heterocycles. The number of carbonyl (C=O) groups is 1. The fourth-order valence-corrected chi connectivity index (χ4v) is 3.49. The highest BCUT2D eigenvalue weighted by Crippen LogP contribution is 2.32. The zero-order valence-corrected chi connectivity index (χ0v) is 17.0. The van der Waals surface area contributed by atoms with E-state index < -0.39 is 0 Å². The maximum absolute atomic E-state index is 12.7. The predicted molar refractivity (Wildman–Crippen MR) is 110 cm³/mol. The first-order chi connectivity index (χ1) is 14.2. The van der Waals surface area contributed by atoms with Crippen molar-refractivity contribution in [3.05, 3.63) is 30.4 Å². The number of amides is 1. The fraction of sp³-hybridized carbons (Fsp3) is 0.571. The van der Waals surface area contributed by atoms with Crippen molar-refractivity contribution >= 4 is 11.9 Å². The fourth-order valence-electron chi connectivity index (χ4n) is 3.49. The van der Waals surface area contributed by atoms with Gasteiger partial charge in [0.2, 0.25) is 5.95 Å². The van der Waals surface area contributed by atoms with Gasteiger partial charge in [-0.2, -0.15) is 0 Å². The number of anilines is 1. The minimum absolute atomic E-state index is 0.0427. The molecule has 3 heterocycles. The normalized spacial score (nSPS) is 16.8. The standard InChI is InChI=1S/C21H29N5O3/c1-28-8-2-5-22-20(27)19-11-17(15-26(19)14-16-3-4-16)18-12-23-21(24-13-18)25-6-9-29-10-7-25/h11-13,15-16H,2-10,14H2,1H3,(H,22,27). The van der Waals surface area contributed by atoms with Crippen molar-refractivity contribution in [2.75, 3.05) is 51.5 Å². The molecule has 156 valence electrons. The summed E-state index contributed by atoms with van der Waals surface area (Å²) >= 11 is 0. The van der Waals surface area contributed by atoms with E-state index in [4.69, 9.17) is 9.47 Å². The number of nitrogens with one attached hydrogen (secondary N) is 1. The zero-order valence-electron chi connectivity index (χ0n) is 17.0. The minimum Gasteiger partial charge on any atom is -0.385 e. The summed E-state index contributed by atoms with van der Waals surface area (Å²) in [7, 11) is 1.67. The summed E-state index contributed by atoms with van der Waals surface area (Å²) in [4.78, 5) is 23.9. The SMILES string of the molecule is COCCCNC(=O)c1cc(-c2cnc(N3CCOCC3)nc2)cn1CC1CC1. The predicted octanol–water partition coefficient (Wildman–Crippen LogP) is 1.96. The van der Waals surface area contributed by atoms with Gasteiger partial charge in [-0.25, -0.2) is 9.97 Å². The highest BCUT2D eigenvalue weighted by Gasteiger charge is 2.24. The van der Waals surface area contributed by atoms with Gasteiger partial charge in [0.15, 0.2) is 0 Å². The molecule has 8 heteroatoms.